The molecule has 82 valence electrons. The number of nitrogens with zero attached hydrogens (tertiary/aromatic N) is 2. The number of hydrogen-bond acceptors (Lipinski definition) is 3. The second-order valence-corrected chi connectivity index (χ2v) is 5.29. The third kappa shape index (κ3) is 1.49. The fraction of sp³-hybridized carbons (Fsp3) is 0.700. The number of fused-ring (bicyclic) bond motifs is 1. The van der Waals surface area contributed by atoms with Crippen LogP contribution in [0, 0.1) is 0 Å². The summed E-state index contributed by atoms with van der Waals surface area (Å²) >= 11 is 3.65. The molecule has 1 saturated carbocycles. The third-order valence-corrected chi connectivity index (χ3v) is 4.13. The maximum Gasteiger partial charge on any atom is 0.139 e. The molecule has 0 bridgehead atoms. The van der Waals surface area contributed by atoms with Gasteiger partial charge in [-0.25, -0.2) is 4.68 Å². The van der Waals surface area contributed by atoms with Crippen molar-refractivity contribution in [3.63, 3.8) is 0 Å². The zero-order valence-electron chi connectivity index (χ0n) is 8.54. The summed E-state index contributed by atoms with van der Waals surface area (Å²) in [5.41, 5.74) is 7.11. The van der Waals surface area contributed by atoms with Gasteiger partial charge >= 0.3 is 0 Å². The highest BCUT2D eigenvalue weighted by Gasteiger charge is 2.29. The normalized spacial score (nSPS) is 25.6. The lowest BCUT2D eigenvalue weighted by Crippen LogP contribution is -2.38. The van der Waals surface area contributed by atoms with Crippen LogP contribution in [0.5, 0.6) is 0 Å². The molecule has 1 unspecified atom stereocenters. The van der Waals surface area contributed by atoms with Crippen molar-refractivity contribution < 1.29 is 0 Å². The zero-order chi connectivity index (χ0) is 10.4. The van der Waals surface area contributed by atoms with E-state index in [1.54, 1.807) is 0 Å². The van der Waals surface area contributed by atoms with Gasteiger partial charge in [0.05, 0.1) is 16.7 Å². The van der Waals surface area contributed by atoms with Crippen LogP contribution < -0.4 is 11.1 Å². The van der Waals surface area contributed by atoms with E-state index in [-0.39, 0.29) is 6.04 Å². The van der Waals surface area contributed by atoms with Crippen LogP contribution >= 0.6 is 15.9 Å². The molecule has 0 aromatic carbocycles. The van der Waals surface area contributed by atoms with Gasteiger partial charge in [-0.3, -0.25) is 0 Å². The van der Waals surface area contributed by atoms with E-state index >= 15 is 0 Å². The van der Waals surface area contributed by atoms with Crippen molar-refractivity contribution in [3.05, 3.63) is 10.2 Å². The van der Waals surface area contributed by atoms with Crippen LogP contribution in [0.2, 0.25) is 0 Å². The Morgan fingerprint density at radius 2 is 2.27 bits per heavy atom. The number of nitrogens with two attached hydrogens (primary N) is 1. The summed E-state index contributed by atoms with van der Waals surface area (Å²) in [6, 6.07) is 0.179. The van der Waals surface area contributed by atoms with Crippen molar-refractivity contribution in [2.45, 2.75) is 37.8 Å². The molecule has 15 heavy (non-hydrogen) atoms. The van der Waals surface area contributed by atoms with E-state index in [1.165, 1.54) is 25.0 Å². The topological polar surface area (TPSA) is 55.9 Å². The molecular weight excluding hydrogens is 256 g/mol. The Balaban J connectivity index is 1.96. The Morgan fingerprint density at radius 1 is 1.47 bits per heavy atom. The molecule has 1 aliphatic heterocycles. The number of rotatable bonds is 1. The van der Waals surface area contributed by atoms with E-state index in [9.17, 15) is 0 Å². The maximum atomic E-state index is 5.89. The van der Waals surface area contributed by atoms with Gasteiger partial charge in [0.25, 0.3) is 0 Å². The summed E-state index contributed by atoms with van der Waals surface area (Å²) in [5.74, 6) is 1.77. The molecule has 2 aliphatic rings. The summed E-state index contributed by atoms with van der Waals surface area (Å²) in [7, 11) is 0. The Bertz CT molecular complexity index is 383. The minimum Gasteiger partial charge on any atom is -0.368 e. The molecule has 4 nitrogen and oxygen atoms in total. The Hall–Kier alpha value is -0.550. The zero-order valence-corrected chi connectivity index (χ0v) is 10.1. The van der Waals surface area contributed by atoms with Gasteiger partial charge in [-0.05, 0) is 28.8 Å². The molecule has 1 aliphatic carbocycles. The summed E-state index contributed by atoms with van der Waals surface area (Å²) in [5, 5.41) is 7.98. The predicted molar refractivity (Wildman–Crippen MR) is 63.0 cm³/mol. The van der Waals surface area contributed by atoms with Gasteiger partial charge in [0.15, 0.2) is 0 Å². The van der Waals surface area contributed by atoms with Crippen molar-refractivity contribution in [1.82, 2.24) is 9.78 Å². The van der Waals surface area contributed by atoms with Gasteiger partial charge in [0.2, 0.25) is 0 Å². The average molecular weight is 271 g/mol. The number of nitrogens with one attached hydrogen (secondary N) is 1. The molecule has 5 heteroatoms. The average Bonchev–Trinajstić information content (AvgIpc) is 2.41. The maximum absolute atomic E-state index is 5.89. The fourth-order valence-corrected chi connectivity index (χ4v) is 2.96. The first-order valence-corrected chi connectivity index (χ1v) is 6.30. The molecule has 1 fully saturated rings. The third-order valence-electron chi connectivity index (χ3n) is 3.35. The van der Waals surface area contributed by atoms with Gasteiger partial charge in [0.1, 0.15) is 5.82 Å². The Labute approximate surface area is 97.3 Å². The first kappa shape index (κ1) is 9.66. The second kappa shape index (κ2) is 3.49. The SMILES string of the molecule is NC1CNc2c(Br)c(C3CCC3)nn2C1. The van der Waals surface area contributed by atoms with Gasteiger partial charge in [-0.15, -0.1) is 0 Å². The van der Waals surface area contributed by atoms with E-state index in [0.29, 0.717) is 5.92 Å². The number of aromatic nitrogens is 2. The van der Waals surface area contributed by atoms with Crippen LogP contribution in [0.15, 0.2) is 4.47 Å². The summed E-state index contributed by atoms with van der Waals surface area (Å²) in [4.78, 5) is 0. The molecule has 0 saturated heterocycles. The van der Waals surface area contributed by atoms with Crippen molar-refractivity contribution in [3.8, 4) is 0 Å². The molecule has 3 rings (SSSR count). The number of halogens is 1. The standard InChI is InChI=1S/C10H15BrN4/c11-8-9(6-2-1-3-6)14-15-5-7(12)4-13-10(8)15/h6-7,13H,1-5,12H2. The quantitative estimate of drug-likeness (QED) is 0.816. The van der Waals surface area contributed by atoms with E-state index in [0.717, 1.165) is 23.4 Å². The van der Waals surface area contributed by atoms with Crippen LogP contribution in [0.25, 0.3) is 0 Å². The summed E-state index contributed by atoms with van der Waals surface area (Å²) in [6.45, 7) is 1.67. The largest absolute Gasteiger partial charge is 0.368 e. The van der Waals surface area contributed by atoms with Crippen LogP contribution in [0.1, 0.15) is 30.9 Å². The lowest BCUT2D eigenvalue weighted by molar-refractivity contribution is 0.401. The summed E-state index contributed by atoms with van der Waals surface area (Å²) < 4.78 is 3.16. The van der Waals surface area contributed by atoms with Crippen molar-refractivity contribution in [1.29, 1.82) is 0 Å². The van der Waals surface area contributed by atoms with E-state index in [2.05, 4.69) is 26.3 Å². The van der Waals surface area contributed by atoms with Crippen LogP contribution in [0.4, 0.5) is 5.82 Å². The van der Waals surface area contributed by atoms with Crippen LogP contribution in [-0.4, -0.2) is 22.4 Å². The van der Waals surface area contributed by atoms with Gasteiger partial charge in [-0.2, -0.15) is 5.10 Å². The van der Waals surface area contributed by atoms with Crippen molar-refractivity contribution >= 4 is 21.7 Å². The second-order valence-electron chi connectivity index (χ2n) is 4.50. The highest BCUT2D eigenvalue weighted by molar-refractivity contribution is 9.10. The highest BCUT2D eigenvalue weighted by Crippen LogP contribution is 2.42. The van der Waals surface area contributed by atoms with Crippen molar-refractivity contribution in [2.75, 3.05) is 11.9 Å². The summed E-state index contributed by atoms with van der Waals surface area (Å²) in [6.07, 6.45) is 3.90. The lowest BCUT2D eigenvalue weighted by atomic mass is 9.83. The number of hydrogen-bond donors (Lipinski definition) is 2. The molecule has 1 atom stereocenters. The first-order valence-electron chi connectivity index (χ1n) is 5.51. The molecular formula is C10H15BrN4. The monoisotopic (exact) mass is 270 g/mol. The van der Waals surface area contributed by atoms with Crippen molar-refractivity contribution in [2.24, 2.45) is 5.73 Å². The molecule has 3 N–H and O–H groups in total. The molecule has 0 spiro atoms. The highest BCUT2D eigenvalue weighted by atomic mass is 79.9. The smallest absolute Gasteiger partial charge is 0.139 e. The molecule has 0 radical (unpaired) electrons. The molecule has 1 aromatic rings. The Kier molecular flexibility index (Phi) is 2.25. The van der Waals surface area contributed by atoms with E-state index in [1.807, 2.05) is 4.68 Å². The molecule has 0 amide bonds. The fourth-order valence-electron chi connectivity index (χ4n) is 2.22. The van der Waals surface area contributed by atoms with E-state index < -0.39 is 0 Å². The van der Waals surface area contributed by atoms with Crippen LogP contribution in [0.3, 0.4) is 0 Å². The Morgan fingerprint density at radius 3 is 2.93 bits per heavy atom. The first-order chi connectivity index (χ1) is 7.25. The molecule has 2 heterocycles. The predicted octanol–water partition coefficient (Wildman–Crippen LogP) is 1.67. The molecule has 1 aromatic heterocycles. The minimum atomic E-state index is 0.179. The van der Waals surface area contributed by atoms with E-state index in [4.69, 9.17) is 5.73 Å². The van der Waals surface area contributed by atoms with Gasteiger partial charge in [-0.1, -0.05) is 6.42 Å². The minimum absolute atomic E-state index is 0.179. The van der Waals surface area contributed by atoms with Crippen LogP contribution in [-0.2, 0) is 6.54 Å². The van der Waals surface area contributed by atoms with Gasteiger partial charge < -0.3 is 11.1 Å². The lowest BCUT2D eigenvalue weighted by Gasteiger charge is -2.23. The number of anilines is 1. The van der Waals surface area contributed by atoms with Gasteiger partial charge in [0, 0.05) is 18.5 Å².